The van der Waals surface area contributed by atoms with E-state index in [0.29, 0.717) is 11.1 Å². The second kappa shape index (κ2) is 3.61. The van der Waals surface area contributed by atoms with Crippen molar-refractivity contribution in [3.8, 4) is 11.1 Å². The molecule has 0 radical (unpaired) electrons. The number of hydrogen-bond donors (Lipinski definition) is 1. The van der Waals surface area contributed by atoms with Crippen LogP contribution in [0.5, 0.6) is 0 Å². The van der Waals surface area contributed by atoms with Crippen molar-refractivity contribution in [3.63, 3.8) is 0 Å². The van der Waals surface area contributed by atoms with Crippen molar-refractivity contribution in [1.82, 2.24) is 0 Å². The van der Waals surface area contributed by atoms with E-state index in [2.05, 4.69) is 0 Å². The zero-order chi connectivity index (χ0) is 10.8. The Morgan fingerprint density at radius 1 is 1.33 bits per heavy atom. The molecule has 1 heterocycles. The third-order valence-corrected chi connectivity index (χ3v) is 2.24. The standard InChI is InChI=1S/C12H10O3/c1-8-2-3-10(12(13)14)11(6-8)9-4-5-15-7-9/h2-7H,1H3,(H,13,14). The first-order valence-electron chi connectivity index (χ1n) is 4.55. The van der Waals surface area contributed by atoms with E-state index >= 15 is 0 Å². The quantitative estimate of drug-likeness (QED) is 0.814. The van der Waals surface area contributed by atoms with Gasteiger partial charge >= 0.3 is 5.97 Å². The molecule has 2 rings (SSSR count). The average molecular weight is 202 g/mol. The van der Waals surface area contributed by atoms with Gasteiger partial charge in [-0.25, -0.2) is 4.79 Å². The third kappa shape index (κ3) is 1.76. The van der Waals surface area contributed by atoms with Crippen LogP contribution in [0.1, 0.15) is 15.9 Å². The maximum Gasteiger partial charge on any atom is 0.336 e. The molecule has 3 nitrogen and oxygen atoms in total. The number of rotatable bonds is 2. The molecule has 0 bridgehead atoms. The highest BCUT2D eigenvalue weighted by molar-refractivity contribution is 5.96. The lowest BCUT2D eigenvalue weighted by atomic mass is 10.00. The van der Waals surface area contributed by atoms with Crippen molar-refractivity contribution in [1.29, 1.82) is 0 Å². The Bertz CT molecular complexity index is 484. The van der Waals surface area contributed by atoms with Gasteiger partial charge in [0.05, 0.1) is 18.1 Å². The van der Waals surface area contributed by atoms with Gasteiger partial charge in [0.25, 0.3) is 0 Å². The summed E-state index contributed by atoms with van der Waals surface area (Å²) in [6.45, 7) is 1.93. The summed E-state index contributed by atoms with van der Waals surface area (Å²) in [4.78, 5) is 11.0. The van der Waals surface area contributed by atoms with Crippen molar-refractivity contribution >= 4 is 5.97 Å². The van der Waals surface area contributed by atoms with Crippen LogP contribution in [0.4, 0.5) is 0 Å². The number of hydrogen-bond acceptors (Lipinski definition) is 2. The first kappa shape index (κ1) is 9.52. The molecule has 0 unspecified atom stereocenters. The lowest BCUT2D eigenvalue weighted by Crippen LogP contribution is -1.99. The van der Waals surface area contributed by atoms with Crippen LogP contribution < -0.4 is 0 Å². The van der Waals surface area contributed by atoms with Crippen LogP contribution in [0.25, 0.3) is 11.1 Å². The van der Waals surface area contributed by atoms with Crippen LogP contribution in [-0.4, -0.2) is 11.1 Å². The number of benzene rings is 1. The molecule has 0 fully saturated rings. The predicted octanol–water partition coefficient (Wildman–Crippen LogP) is 2.95. The Labute approximate surface area is 87.0 Å². The van der Waals surface area contributed by atoms with Gasteiger partial charge in [0.1, 0.15) is 0 Å². The summed E-state index contributed by atoms with van der Waals surface area (Å²) in [6, 6.07) is 6.99. The Morgan fingerprint density at radius 2 is 2.13 bits per heavy atom. The molecule has 2 aromatic rings. The van der Waals surface area contributed by atoms with E-state index in [1.165, 1.54) is 6.26 Å². The van der Waals surface area contributed by atoms with Crippen molar-refractivity contribution in [2.45, 2.75) is 6.92 Å². The number of furan rings is 1. The Hall–Kier alpha value is -2.03. The minimum atomic E-state index is -0.925. The molecule has 1 aromatic carbocycles. The van der Waals surface area contributed by atoms with Gasteiger partial charge in [0, 0.05) is 5.56 Å². The molecule has 0 aliphatic heterocycles. The highest BCUT2D eigenvalue weighted by Crippen LogP contribution is 2.25. The van der Waals surface area contributed by atoms with E-state index in [9.17, 15) is 4.79 Å². The van der Waals surface area contributed by atoms with E-state index < -0.39 is 5.97 Å². The van der Waals surface area contributed by atoms with Crippen molar-refractivity contribution in [3.05, 3.63) is 47.9 Å². The fourth-order valence-electron chi connectivity index (χ4n) is 1.50. The maximum absolute atomic E-state index is 11.0. The summed E-state index contributed by atoms with van der Waals surface area (Å²) in [5, 5.41) is 9.02. The zero-order valence-electron chi connectivity index (χ0n) is 8.23. The highest BCUT2D eigenvalue weighted by Gasteiger charge is 2.12. The lowest BCUT2D eigenvalue weighted by Gasteiger charge is -2.04. The Balaban J connectivity index is 2.63. The molecule has 1 aromatic heterocycles. The normalized spacial score (nSPS) is 10.2. The monoisotopic (exact) mass is 202 g/mol. The van der Waals surface area contributed by atoms with Crippen LogP contribution in [0.2, 0.25) is 0 Å². The van der Waals surface area contributed by atoms with Gasteiger partial charge in [0.2, 0.25) is 0 Å². The minimum Gasteiger partial charge on any atom is -0.478 e. The first-order valence-corrected chi connectivity index (χ1v) is 4.55. The Morgan fingerprint density at radius 3 is 2.73 bits per heavy atom. The molecule has 0 spiro atoms. The van der Waals surface area contributed by atoms with Gasteiger partial charge in [-0.15, -0.1) is 0 Å². The predicted molar refractivity (Wildman–Crippen MR) is 55.8 cm³/mol. The summed E-state index contributed by atoms with van der Waals surface area (Å²) >= 11 is 0. The van der Waals surface area contributed by atoms with Crippen LogP contribution in [0.3, 0.4) is 0 Å². The third-order valence-electron chi connectivity index (χ3n) is 2.24. The number of aromatic carboxylic acids is 1. The fourth-order valence-corrected chi connectivity index (χ4v) is 1.50. The number of aryl methyl sites for hydroxylation is 1. The highest BCUT2D eigenvalue weighted by atomic mass is 16.4. The van der Waals surface area contributed by atoms with Crippen LogP contribution >= 0.6 is 0 Å². The van der Waals surface area contributed by atoms with Crippen molar-refractivity contribution in [2.24, 2.45) is 0 Å². The minimum absolute atomic E-state index is 0.294. The molecule has 0 aliphatic rings. The molecular formula is C12H10O3. The fraction of sp³-hybridized carbons (Fsp3) is 0.0833. The van der Waals surface area contributed by atoms with E-state index in [-0.39, 0.29) is 0 Å². The SMILES string of the molecule is Cc1ccc(C(=O)O)c(-c2ccoc2)c1. The number of carboxylic acid groups (broad SMARTS) is 1. The van der Waals surface area contributed by atoms with Gasteiger partial charge in [-0.2, -0.15) is 0 Å². The molecule has 0 amide bonds. The van der Waals surface area contributed by atoms with E-state index in [4.69, 9.17) is 9.52 Å². The molecule has 0 saturated carbocycles. The molecule has 76 valence electrons. The first-order chi connectivity index (χ1) is 7.18. The molecule has 3 heteroatoms. The van der Waals surface area contributed by atoms with Crippen LogP contribution in [0, 0.1) is 6.92 Å². The topological polar surface area (TPSA) is 50.4 Å². The second-order valence-electron chi connectivity index (χ2n) is 3.37. The molecule has 15 heavy (non-hydrogen) atoms. The lowest BCUT2D eigenvalue weighted by molar-refractivity contribution is 0.0698. The van der Waals surface area contributed by atoms with E-state index in [1.807, 2.05) is 13.0 Å². The number of carboxylic acids is 1. The van der Waals surface area contributed by atoms with Gasteiger partial charge in [-0.1, -0.05) is 17.7 Å². The van der Waals surface area contributed by atoms with Gasteiger partial charge in [0.15, 0.2) is 0 Å². The van der Waals surface area contributed by atoms with Gasteiger partial charge in [-0.3, -0.25) is 0 Å². The van der Waals surface area contributed by atoms with Crippen LogP contribution in [-0.2, 0) is 0 Å². The summed E-state index contributed by atoms with van der Waals surface area (Å²) in [5.41, 5.74) is 2.80. The van der Waals surface area contributed by atoms with Crippen molar-refractivity contribution < 1.29 is 14.3 Å². The second-order valence-corrected chi connectivity index (χ2v) is 3.37. The molecule has 1 N–H and O–H groups in total. The average Bonchev–Trinajstić information content (AvgIpc) is 2.69. The molecule has 0 saturated heterocycles. The van der Waals surface area contributed by atoms with Gasteiger partial charge in [-0.05, 0) is 24.6 Å². The Kier molecular flexibility index (Phi) is 2.29. The van der Waals surface area contributed by atoms with E-state index in [1.54, 1.807) is 24.5 Å². The summed E-state index contributed by atoms with van der Waals surface area (Å²) in [6.07, 6.45) is 3.07. The molecular weight excluding hydrogens is 192 g/mol. The van der Waals surface area contributed by atoms with Crippen molar-refractivity contribution in [2.75, 3.05) is 0 Å². The molecule has 0 atom stereocenters. The van der Waals surface area contributed by atoms with Crippen LogP contribution in [0.15, 0.2) is 41.2 Å². The largest absolute Gasteiger partial charge is 0.478 e. The summed E-state index contributed by atoms with van der Waals surface area (Å²) < 4.78 is 4.95. The summed E-state index contributed by atoms with van der Waals surface area (Å²) in [7, 11) is 0. The van der Waals surface area contributed by atoms with Gasteiger partial charge < -0.3 is 9.52 Å². The smallest absolute Gasteiger partial charge is 0.336 e. The van der Waals surface area contributed by atoms with E-state index in [0.717, 1.165) is 11.1 Å². The maximum atomic E-state index is 11.0. The zero-order valence-corrected chi connectivity index (χ0v) is 8.23. The molecule has 0 aliphatic carbocycles. The number of carbonyl (C=O) groups is 1. The summed E-state index contributed by atoms with van der Waals surface area (Å²) in [5.74, 6) is -0.925.